The van der Waals surface area contributed by atoms with E-state index >= 15 is 0 Å². The van der Waals surface area contributed by atoms with Gasteiger partial charge < -0.3 is 0 Å². The molecule has 0 heterocycles. The number of hydrogen-bond acceptors (Lipinski definition) is 0. The van der Waals surface area contributed by atoms with Gasteiger partial charge in [-0.3, -0.25) is 0 Å². The molecule has 0 heteroatoms. The van der Waals surface area contributed by atoms with Crippen LogP contribution >= 0.6 is 0 Å². The zero-order chi connectivity index (χ0) is 24.7. The monoisotopic (exact) mass is 472 g/mol. The van der Waals surface area contributed by atoms with Crippen LogP contribution in [0.3, 0.4) is 0 Å². The highest BCUT2D eigenvalue weighted by Gasteiger charge is 2.40. The minimum Gasteiger partial charge on any atom is -0.0617 e. The van der Waals surface area contributed by atoms with Gasteiger partial charge in [0.1, 0.15) is 0 Å². The summed E-state index contributed by atoms with van der Waals surface area (Å²) in [5.74, 6) is 0.616. The van der Waals surface area contributed by atoms with Crippen LogP contribution in [0.25, 0.3) is 32.3 Å². The molecule has 0 aliphatic heterocycles. The Morgan fingerprint density at radius 2 is 0.730 bits per heavy atom. The maximum absolute atomic E-state index is 2.49. The van der Waals surface area contributed by atoms with Crippen molar-refractivity contribution in [1.82, 2.24) is 0 Å². The van der Waals surface area contributed by atoms with Gasteiger partial charge >= 0.3 is 0 Å². The molecule has 0 amide bonds. The van der Waals surface area contributed by atoms with Crippen LogP contribution in [-0.2, 0) is 6.42 Å². The van der Waals surface area contributed by atoms with Crippen molar-refractivity contribution in [2.75, 3.05) is 0 Å². The lowest BCUT2D eigenvalue weighted by atomic mass is 9.81. The summed E-state index contributed by atoms with van der Waals surface area (Å²) < 4.78 is 0. The lowest BCUT2D eigenvalue weighted by molar-refractivity contribution is 0.968. The van der Waals surface area contributed by atoms with Crippen LogP contribution in [0.5, 0.6) is 0 Å². The molecule has 37 heavy (non-hydrogen) atoms. The van der Waals surface area contributed by atoms with Crippen molar-refractivity contribution in [3.8, 4) is 0 Å². The highest BCUT2D eigenvalue weighted by atomic mass is 14.4. The van der Waals surface area contributed by atoms with Gasteiger partial charge in [0.05, 0.1) is 0 Å². The Kier molecular flexibility index (Phi) is 3.55. The van der Waals surface area contributed by atoms with Crippen LogP contribution in [0.2, 0.25) is 0 Å². The molecule has 0 nitrogen and oxygen atoms in total. The predicted molar refractivity (Wildman–Crippen MR) is 155 cm³/mol. The molecule has 0 N–H and O–H groups in total. The van der Waals surface area contributed by atoms with Gasteiger partial charge in [0, 0.05) is 11.8 Å². The van der Waals surface area contributed by atoms with E-state index in [2.05, 4.69) is 100 Å². The van der Waals surface area contributed by atoms with Crippen LogP contribution in [-0.4, -0.2) is 0 Å². The first kappa shape index (κ1) is 20.2. The highest BCUT2D eigenvalue weighted by Crippen LogP contribution is 2.60. The number of hydrogen-bond donors (Lipinski definition) is 0. The quantitative estimate of drug-likeness (QED) is 0.220. The molecular weight excluding hydrogens is 444 g/mol. The van der Waals surface area contributed by atoms with E-state index in [0.717, 1.165) is 6.42 Å². The molecule has 6 aromatic rings. The molecule has 3 aliphatic rings. The van der Waals surface area contributed by atoms with Gasteiger partial charge in [0.2, 0.25) is 0 Å². The molecule has 176 valence electrons. The summed E-state index contributed by atoms with van der Waals surface area (Å²) >= 11 is 0. The van der Waals surface area contributed by atoms with Crippen molar-refractivity contribution in [3.63, 3.8) is 0 Å². The Balaban J connectivity index is 1.50. The van der Waals surface area contributed by atoms with E-state index in [1.54, 1.807) is 32.3 Å². The SMILES string of the molecule is Cc1cccc(C)c1C1c2ccc3c4c5c(ccc6c5c5c(ccc1c5c24)C6c1c(C)cccc1C)C3. The van der Waals surface area contributed by atoms with E-state index in [9.17, 15) is 0 Å². The van der Waals surface area contributed by atoms with E-state index in [4.69, 9.17) is 0 Å². The van der Waals surface area contributed by atoms with E-state index in [1.807, 2.05) is 0 Å². The molecule has 0 radical (unpaired) electrons. The Labute approximate surface area is 217 Å². The first-order valence-corrected chi connectivity index (χ1v) is 13.7. The van der Waals surface area contributed by atoms with Gasteiger partial charge in [-0.15, -0.1) is 0 Å². The van der Waals surface area contributed by atoms with Crippen LogP contribution in [0, 0.1) is 27.7 Å². The number of rotatable bonds is 2. The van der Waals surface area contributed by atoms with Crippen molar-refractivity contribution < 1.29 is 0 Å². The van der Waals surface area contributed by atoms with Crippen molar-refractivity contribution in [2.24, 2.45) is 0 Å². The van der Waals surface area contributed by atoms with E-state index in [0.29, 0.717) is 11.8 Å². The highest BCUT2D eigenvalue weighted by molar-refractivity contribution is 6.34. The van der Waals surface area contributed by atoms with Crippen LogP contribution in [0.1, 0.15) is 78.6 Å². The van der Waals surface area contributed by atoms with Crippen LogP contribution in [0.4, 0.5) is 0 Å². The molecule has 0 saturated carbocycles. The summed E-state index contributed by atoms with van der Waals surface area (Å²) in [6, 6.07) is 28.4. The minimum absolute atomic E-state index is 0.308. The third-order valence-electron chi connectivity index (χ3n) is 9.95. The third kappa shape index (κ3) is 2.20. The lowest BCUT2D eigenvalue weighted by Crippen LogP contribution is -2.06. The normalized spacial score (nSPS) is 18.2. The van der Waals surface area contributed by atoms with Gasteiger partial charge in [-0.25, -0.2) is 0 Å². The second kappa shape index (κ2) is 6.50. The fraction of sp³-hybridized carbons (Fsp3) is 0.189. The van der Waals surface area contributed by atoms with Gasteiger partial charge in [-0.1, -0.05) is 72.8 Å². The Morgan fingerprint density at radius 3 is 1.11 bits per heavy atom. The smallest absolute Gasteiger partial charge is 0.0357 e. The summed E-state index contributed by atoms with van der Waals surface area (Å²) in [6.07, 6.45) is 1.06. The fourth-order valence-corrected chi connectivity index (χ4v) is 8.59. The maximum atomic E-state index is 2.49. The van der Waals surface area contributed by atoms with E-state index in [-0.39, 0.29) is 0 Å². The summed E-state index contributed by atoms with van der Waals surface area (Å²) in [5, 5.41) is 9.26. The zero-order valence-corrected chi connectivity index (χ0v) is 21.8. The summed E-state index contributed by atoms with van der Waals surface area (Å²) in [4.78, 5) is 0. The molecule has 0 saturated heterocycles. The average Bonchev–Trinajstić information content (AvgIpc) is 3.52. The Morgan fingerprint density at radius 1 is 0.405 bits per heavy atom. The summed E-state index contributed by atoms with van der Waals surface area (Å²) in [7, 11) is 0. The zero-order valence-electron chi connectivity index (χ0n) is 21.8. The van der Waals surface area contributed by atoms with Gasteiger partial charge in [0.15, 0.2) is 0 Å². The molecule has 0 bridgehead atoms. The van der Waals surface area contributed by atoms with Crippen LogP contribution in [0.15, 0.2) is 72.8 Å². The summed E-state index contributed by atoms with van der Waals surface area (Å²) in [6.45, 7) is 9.18. The average molecular weight is 473 g/mol. The molecule has 2 atom stereocenters. The summed E-state index contributed by atoms with van der Waals surface area (Å²) in [5.41, 5.74) is 17.7. The number of aryl methyl sites for hydroxylation is 4. The molecular formula is C37H28. The Hall–Kier alpha value is -3.90. The molecule has 2 unspecified atom stereocenters. The van der Waals surface area contributed by atoms with E-state index < -0.39 is 0 Å². The van der Waals surface area contributed by atoms with Gasteiger partial charge in [-0.2, -0.15) is 0 Å². The molecule has 6 aromatic carbocycles. The van der Waals surface area contributed by atoms with Crippen LogP contribution < -0.4 is 0 Å². The molecule has 9 rings (SSSR count). The van der Waals surface area contributed by atoms with Crippen molar-refractivity contribution in [3.05, 3.63) is 140 Å². The van der Waals surface area contributed by atoms with Crippen molar-refractivity contribution in [2.45, 2.75) is 46.0 Å². The largest absolute Gasteiger partial charge is 0.0617 e. The van der Waals surface area contributed by atoms with Crippen molar-refractivity contribution >= 4 is 32.3 Å². The van der Waals surface area contributed by atoms with Gasteiger partial charge in [0.25, 0.3) is 0 Å². The third-order valence-corrected chi connectivity index (χ3v) is 9.95. The predicted octanol–water partition coefficient (Wildman–Crippen LogP) is 9.27. The maximum Gasteiger partial charge on any atom is 0.0357 e. The standard InChI is InChI=1S/C37H28/c1-18-7-5-8-19(2)28(18)32-24-13-11-22-17-23-12-14-25-33(29-20(3)9-6-10-21(29)4)27-16-15-26(32)36-34(24)30(22)31(23)35(25)37(27)36/h5-16,32-33H,17H2,1-4H3. The van der Waals surface area contributed by atoms with E-state index in [1.165, 1.54) is 66.8 Å². The fourth-order valence-electron chi connectivity index (χ4n) is 8.59. The molecule has 0 aromatic heterocycles. The topological polar surface area (TPSA) is 0 Å². The Bertz CT molecular complexity index is 1860. The first-order chi connectivity index (χ1) is 18.0. The van der Waals surface area contributed by atoms with Crippen molar-refractivity contribution in [1.29, 1.82) is 0 Å². The molecule has 3 aliphatic carbocycles. The molecule has 0 fully saturated rings. The minimum atomic E-state index is 0.308. The van der Waals surface area contributed by atoms with Gasteiger partial charge in [-0.05, 0) is 133 Å². The second-order valence-electron chi connectivity index (χ2n) is 11.8. The number of benzene rings is 6. The second-order valence-corrected chi connectivity index (χ2v) is 11.8. The first-order valence-electron chi connectivity index (χ1n) is 13.7. The lowest BCUT2D eigenvalue weighted by Gasteiger charge is -2.22. The molecule has 0 spiro atoms.